The van der Waals surface area contributed by atoms with Gasteiger partial charge in [-0.25, -0.2) is 0 Å². The number of benzene rings is 3. The topological polar surface area (TPSA) is 76.1 Å². The lowest BCUT2D eigenvalue weighted by Gasteiger charge is -2.11. The molecule has 122 valence electrons. The molecule has 0 bridgehead atoms. The van der Waals surface area contributed by atoms with Crippen molar-refractivity contribution < 1.29 is 0 Å². The normalized spacial score (nSPS) is 10.4. The number of nitrogens with two attached hydrogens (primary N) is 2. The molecule has 0 amide bonds. The average Bonchev–Trinajstić information content (AvgIpc) is 2.63. The SMILES string of the molecule is NNc1ccc(Cc2ccc(N)c(CNc3ccccc3)c2)cc1. The second kappa shape index (κ2) is 7.53. The van der Waals surface area contributed by atoms with Gasteiger partial charge in [0.1, 0.15) is 0 Å². The van der Waals surface area contributed by atoms with Crippen molar-refractivity contribution >= 4 is 17.1 Å². The molecule has 0 aliphatic carbocycles. The summed E-state index contributed by atoms with van der Waals surface area (Å²) in [6, 6.07) is 24.5. The fourth-order valence-corrected chi connectivity index (χ4v) is 2.63. The Balaban J connectivity index is 1.70. The van der Waals surface area contributed by atoms with Crippen LogP contribution in [0.15, 0.2) is 72.8 Å². The number of nitrogen functional groups attached to an aromatic ring is 2. The molecule has 3 aromatic carbocycles. The fourth-order valence-electron chi connectivity index (χ4n) is 2.63. The van der Waals surface area contributed by atoms with Gasteiger partial charge in [-0.3, -0.25) is 5.84 Å². The minimum atomic E-state index is 0.708. The molecule has 0 aromatic heterocycles. The molecular weight excluding hydrogens is 296 g/mol. The van der Waals surface area contributed by atoms with Gasteiger partial charge in [-0.1, -0.05) is 42.5 Å². The van der Waals surface area contributed by atoms with Crippen LogP contribution in [-0.2, 0) is 13.0 Å². The number of hydrazine groups is 1. The van der Waals surface area contributed by atoms with Gasteiger partial charge in [0, 0.05) is 23.6 Å². The van der Waals surface area contributed by atoms with Crippen LogP contribution in [0, 0.1) is 0 Å². The van der Waals surface area contributed by atoms with E-state index in [0.29, 0.717) is 6.54 Å². The highest BCUT2D eigenvalue weighted by atomic mass is 15.2. The van der Waals surface area contributed by atoms with E-state index >= 15 is 0 Å². The van der Waals surface area contributed by atoms with E-state index in [4.69, 9.17) is 11.6 Å². The third kappa shape index (κ3) is 4.06. The third-order valence-corrected chi connectivity index (χ3v) is 3.99. The Morgan fingerprint density at radius 2 is 1.46 bits per heavy atom. The molecule has 24 heavy (non-hydrogen) atoms. The number of hydrogen-bond donors (Lipinski definition) is 4. The molecule has 3 rings (SSSR count). The average molecular weight is 318 g/mol. The van der Waals surface area contributed by atoms with Gasteiger partial charge in [-0.05, 0) is 53.4 Å². The van der Waals surface area contributed by atoms with Gasteiger partial charge in [0.05, 0.1) is 0 Å². The maximum atomic E-state index is 6.12. The molecule has 0 aliphatic heterocycles. The highest BCUT2D eigenvalue weighted by molar-refractivity contribution is 5.52. The zero-order valence-corrected chi connectivity index (χ0v) is 13.5. The summed E-state index contributed by atoms with van der Waals surface area (Å²) in [5.41, 5.74) is 15.2. The summed E-state index contributed by atoms with van der Waals surface area (Å²) < 4.78 is 0. The van der Waals surface area contributed by atoms with E-state index in [9.17, 15) is 0 Å². The highest BCUT2D eigenvalue weighted by Gasteiger charge is 2.03. The summed E-state index contributed by atoms with van der Waals surface area (Å²) in [7, 11) is 0. The molecule has 0 atom stereocenters. The first-order chi connectivity index (χ1) is 11.7. The van der Waals surface area contributed by atoms with Crippen LogP contribution in [0.25, 0.3) is 0 Å². The second-order valence-electron chi connectivity index (χ2n) is 5.77. The minimum absolute atomic E-state index is 0.708. The van der Waals surface area contributed by atoms with Crippen molar-refractivity contribution in [2.24, 2.45) is 5.84 Å². The van der Waals surface area contributed by atoms with Crippen LogP contribution in [-0.4, -0.2) is 0 Å². The highest BCUT2D eigenvalue weighted by Crippen LogP contribution is 2.19. The van der Waals surface area contributed by atoms with E-state index in [1.165, 1.54) is 11.1 Å². The summed E-state index contributed by atoms with van der Waals surface area (Å²) in [6.07, 6.45) is 0.865. The molecule has 0 saturated carbocycles. The van der Waals surface area contributed by atoms with Gasteiger partial charge in [0.15, 0.2) is 0 Å². The van der Waals surface area contributed by atoms with E-state index in [2.05, 4.69) is 35.0 Å². The van der Waals surface area contributed by atoms with Crippen LogP contribution in [0.4, 0.5) is 17.1 Å². The fraction of sp³-hybridized carbons (Fsp3) is 0.100. The molecule has 0 fully saturated rings. The van der Waals surface area contributed by atoms with Gasteiger partial charge in [-0.2, -0.15) is 0 Å². The summed E-state index contributed by atoms with van der Waals surface area (Å²) in [5.74, 6) is 5.40. The van der Waals surface area contributed by atoms with Crippen molar-refractivity contribution in [2.45, 2.75) is 13.0 Å². The Hall–Kier alpha value is -2.98. The Morgan fingerprint density at radius 3 is 2.17 bits per heavy atom. The van der Waals surface area contributed by atoms with Gasteiger partial charge in [0.25, 0.3) is 0 Å². The first-order valence-corrected chi connectivity index (χ1v) is 7.96. The summed E-state index contributed by atoms with van der Waals surface area (Å²) in [6.45, 7) is 0.708. The molecular formula is C20H22N4. The van der Waals surface area contributed by atoms with Crippen LogP contribution >= 0.6 is 0 Å². The lowest BCUT2D eigenvalue weighted by Crippen LogP contribution is -2.06. The monoisotopic (exact) mass is 318 g/mol. The van der Waals surface area contributed by atoms with Crippen molar-refractivity contribution in [2.75, 3.05) is 16.5 Å². The van der Waals surface area contributed by atoms with Gasteiger partial charge in [-0.15, -0.1) is 0 Å². The van der Waals surface area contributed by atoms with Crippen LogP contribution in [0.5, 0.6) is 0 Å². The van der Waals surface area contributed by atoms with Crippen molar-refractivity contribution in [1.82, 2.24) is 0 Å². The Labute approximate surface area is 142 Å². The Morgan fingerprint density at radius 1 is 0.750 bits per heavy atom. The van der Waals surface area contributed by atoms with Crippen LogP contribution < -0.4 is 22.3 Å². The minimum Gasteiger partial charge on any atom is -0.398 e. The van der Waals surface area contributed by atoms with Crippen molar-refractivity contribution in [3.05, 3.63) is 89.5 Å². The van der Waals surface area contributed by atoms with E-state index in [-0.39, 0.29) is 0 Å². The lowest BCUT2D eigenvalue weighted by molar-refractivity contribution is 1.12. The molecule has 6 N–H and O–H groups in total. The summed E-state index contributed by atoms with van der Waals surface area (Å²) in [4.78, 5) is 0. The first-order valence-electron chi connectivity index (χ1n) is 7.96. The molecule has 4 nitrogen and oxygen atoms in total. The Kier molecular flexibility index (Phi) is 4.99. The first kappa shape index (κ1) is 15.9. The molecule has 0 radical (unpaired) electrons. The van der Waals surface area contributed by atoms with Crippen molar-refractivity contribution in [3.8, 4) is 0 Å². The Bertz CT molecular complexity index is 782. The number of para-hydroxylation sites is 1. The predicted octanol–water partition coefficient (Wildman–Crippen LogP) is 3.76. The van der Waals surface area contributed by atoms with Crippen molar-refractivity contribution in [1.29, 1.82) is 0 Å². The van der Waals surface area contributed by atoms with Gasteiger partial charge >= 0.3 is 0 Å². The molecule has 4 heteroatoms. The lowest BCUT2D eigenvalue weighted by atomic mass is 10.0. The van der Waals surface area contributed by atoms with Gasteiger partial charge < -0.3 is 16.5 Å². The maximum absolute atomic E-state index is 6.12. The zero-order valence-electron chi connectivity index (χ0n) is 13.5. The molecule has 0 heterocycles. The van der Waals surface area contributed by atoms with Crippen molar-refractivity contribution in [3.63, 3.8) is 0 Å². The standard InChI is InChI=1S/C20H22N4/c21-20-11-8-16(12-15-6-9-19(24-22)10-7-15)13-17(20)14-23-18-4-2-1-3-5-18/h1-11,13,23-24H,12,14,21-22H2. The predicted molar refractivity (Wildman–Crippen MR) is 102 cm³/mol. The second-order valence-corrected chi connectivity index (χ2v) is 5.77. The molecule has 0 saturated heterocycles. The van der Waals surface area contributed by atoms with Crippen LogP contribution in [0.3, 0.4) is 0 Å². The quantitative estimate of drug-likeness (QED) is 0.317. The smallest absolute Gasteiger partial charge is 0.0485 e. The van der Waals surface area contributed by atoms with E-state index in [1.54, 1.807) is 0 Å². The number of anilines is 3. The summed E-state index contributed by atoms with van der Waals surface area (Å²) >= 11 is 0. The molecule has 0 spiro atoms. The van der Waals surface area contributed by atoms with Crippen LogP contribution in [0.1, 0.15) is 16.7 Å². The van der Waals surface area contributed by atoms with Gasteiger partial charge in [0.2, 0.25) is 0 Å². The van der Waals surface area contributed by atoms with E-state index in [1.807, 2.05) is 48.5 Å². The molecule has 3 aromatic rings. The third-order valence-electron chi connectivity index (χ3n) is 3.99. The number of nitrogens with one attached hydrogen (secondary N) is 2. The van der Waals surface area contributed by atoms with E-state index in [0.717, 1.165) is 29.0 Å². The van der Waals surface area contributed by atoms with Crippen LogP contribution in [0.2, 0.25) is 0 Å². The van der Waals surface area contributed by atoms with E-state index < -0.39 is 0 Å². The number of rotatable bonds is 6. The number of hydrogen-bond acceptors (Lipinski definition) is 4. The summed E-state index contributed by atoms with van der Waals surface area (Å²) in [5, 5.41) is 3.41. The molecule has 0 aliphatic rings. The maximum Gasteiger partial charge on any atom is 0.0485 e. The molecule has 0 unspecified atom stereocenters. The zero-order chi connectivity index (χ0) is 16.8. The largest absolute Gasteiger partial charge is 0.398 e.